The van der Waals surface area contributed by atoms with E-state index in [-0.39, 0.29) is 27.1 Å². The van der Waals surface area contributed by atoms with Gasteiger partial charge < -0.3 is 9.88 Å². The summed E-state index contributed by atoms with van der Waals surface area (Å²) in [6.07, 6.45) is 2.36. The third kappa shape index (κ3) is 5.84. The second-order valence-corrected chi connectivity index (χ2v) is 24.6. The first kappa shape index (κ1) is 40.9. The van der Waals surface area contributed by atoms with Crippen molar-refractivity contribution in [2.24, 2.45) is 0 Å². The summed E-state index contributed by atoms with van der Waals surface area (Å²) in [6, 6.07) is 44.9. The van der Waals surface area contributed by atoms with Crippen molar-refractivity contribution in [2.75, 3.05) is 5.32 Å². The fourth-order valence-electron chi connectivity index (χ4n) is 12.1. The zero-order chi connectivity index (χ0) is 45.3. The smallest absolute Gasteiger partial charge is 0.197 e. The van der Waals surface area contributed by atoms with Crippen LogP contribution in [0.25, 0.3) is 69.9 Å². The van der Waals surface area contributed by atoms with E-state index in [1.807, 2.05) is 11.3 Å². The summed E-state index contributed by atoms with van der Waals surface area (Å²) in [5, 5.41) is 9.46. The Balaban J connectivity index is 1.27. The molecule has 2 aromatic heterocycles. The van der Waals surface area contributed by atoms with Crippen molar-refractivity contribution < 1.29 is 0 Å². The zero-order valence-corrected chi connectivity index (χ0v) is 41.1. The number of rotatable bonds is 3. The molecule has 2 nitrogen and oxygen atoms in total. The van der Waals surface area contributed by atoms with Crippen molar-refractivity contribution in [3.8, 4) is 27.9 Å². The zero-order valence-electron chi connectivity index (χ0n) is 40.3. The molecule has 3 aliphatic rings. The van der Waals surface area contributed by atoms with Gasteiger partial charge in [0.15, 0.2) is 7.28 Å². The van der Waals surface area contributed by atoms with Crippen molar-refractivity contribution >= 4 is 82.9 Å². The van der Waals surface area contributed by atoms with Crippen LogP contribution in [0.3, 0.4) is 0 Å². The number of hydrogen-bond acceptors (Lipinski definition) is 2. The van der Waals surface area contributed by atoms with Crippen LogP contribution < -0.4 is 16.2 Å². The molecule has 12 rings (SSSR count). The average Bonchev–Trinajstić information content (AvgIpc) is 3.87. The third-order valence-corrected chi connectivity index (χ3v) is 17.1. The molecule has 7 aromatic carbocycles. The topological polar surface area (TPSA) is 17.0 Å². The van der Waals surface area contributed by atoms with Crippen molar-refractivity contribution in [3.63, 3.8) is 0 Å². The lowest BCUT2D eigenvalue weighted by molar-refractivity contribution is 0.332. The molecule has 0 saturated carbocycles. The van der Waals surface area contributed by atoms with E-state index in [0.717, 1.165) is 11.4 Å². The SMILES string of the molecule is CC(C)(C)c1ccc(Nc2ccc(C(C)(C)C)cc2-c2c3c(c4c5cc6c(cc5n5c4c2[B]c2cc4sc7ccccc7c4cc2-5)C(C)(C)CCC6(C)C)-c2ccccc2C3(C)C)cc1. The fraction of sp³-hybridized carbons (Fsp3) is 0.311. The maximum Gasteiger partial charge on any atom is 0.197 e. The lowest BCUT2D eigenvalue weighted by Crippen LogP contribution is -2.38. The van der Waals surface area contributed by atoms with Crippen LogP contribution in [0.5, 0.6) is 0 Å². The molecule has 0 spiro atoms. The second kappa shape index (κ2) is 13.3. The normalized spacial score (nSPS) is 16.7. The van der Waals surface area contributed by atoms with Gasteiger partial charge in [0.05, 0.1) is 5.52 Å². The van der Waals surface area contributed by atoms with Crippen molar-refractivity contribution in [2.45, 2.75) is 123 Å². The summed E-state index contributed by atoms with van der Waals surface area (Å²) in [5.41, 5.74) is 22.5. The molecular formula is C61H60BN2S. The second-order valence-electron chi connectivity index (χ2n) is 23.6. The van der Waals surface area contributed by atoms with Gasteiger partial charge in [-0.2, -0.15) is 0 Å². The van der Waals surface area contributed by atoms with Gasteiger partial charge in [-0.3, -0.25) is 0 Å². The first-order valence-corrected chi connectivity index (χ1v) is 24.7. The first-order valence-electron chi connectivity index (χ1n) is 23.9. The van der Waals surface area contributed by atoms with E-state index in [2.05, 4.69) is 216 Å². The van der Waals surface area contributed by atoms with E-state index in [9.17, 15) is 0 Å². The summed E-state index contributed by atoms with van der Waals surface area (Å²) in [4.78, 5) is 0. The molecular weight excluding hydrogens is 804 g/mol. The van der Waals surface area contributed by atoms with Gasteiger partial charge in [-0.15, -0.1) is 11.3 Å². The molecule has 3 heterocycles. The van der Waals surface area contributed by atoms with E-state index in [1.165, 1.54) is 127 Å². The number of fused-ring (bicyclic) bond motifs is 13. The highest BCUT2D eigenvalue weighted by Crippen LogP contribution is 2.58. The Morgan fingerprint density at radius 3 is 1.97 bits per heavy atom. The van der Waals surface area contributed by atoms with E-state index >= 15 is 0 Å². The van der Waals surface area contributed by atoms with E-state index < -0.39 is 0 Å². The van der Waals surface area contributed by atoms with Crippen molar-refractivity contribution in [3.05, 3.63) is 149 Å². The van der Waals surface area contributed by atoms with Crippen LogP contribution in [0.15, 0.2) is 115 Å². The highest BCUT2D eigenvalue weighted by Gasteiger charge is 2.44. The molecule has 1 N–H and O–H groups in total. The Morgan fingerprint density at radius 2 is 1.25 bits per heavy atom. The molecule has 1 aliphatic heterocycles. The van der Waals surface area contributed by atoms with E-state index in [0.29, 0.717) is 0 Å². The minimum absolute atomic E-state index is 0.0543. The average molecular weight is 864 g/mol. The number of hydrogen-bond donors (Lipinski definition) is 1. The molecule has 0 bridgehead atoms. The molecule has 0 atom stereocenters. The van der Waals surface area contributed by atoms with E-state index in [4.69, 9.17) is 0 Å². The third-order valence-electron chi connectivity index (χ3n) is 16.0. The lowest BCUT2D eigenvalue weighted by atomic mass is 9.57. The highest BCUT2D eigenvalue weighted by atomic mass is 32.1. The number of nitrogens with one attached hydrogen (secondary N) is 1. The number of aromatic nitrogens is 1. The largest absolute Gasteiger partial charge is 0.355 e. The number of anilines is 2. The summed E-state index contributed by atoms with van der Waals surface area (Å²) >= 11 is 1.92. The molecule has 323 valence electrons. The van der Waals surface area contributed by atoms with Crippen LogP contribution in [0.1, 0.15) is 129 Å². The molecule has 0 amide bonds. The van der Waals surface area contributed by atoms with Crippen LogP contribution in [0.4, 0.5) is 11.4 Å². The summed E-state index contributed by atoms with van der Waals surface area (Å²) in [5.74, 6) is 0. The van der Waals surface area contributed by atoms with Crippen LogP contribution in [0, 0.1) is 0 Å². The van der Waals surface area contributed by atoms with Crippen molar-refractivity contribution in [1.29, 1.82) is 0 Å². The summed E-state index contributed by atoms with van der Waals surface area (Å²) < 4.78 is 5.39. The molecule has 1 radical (unpaired) electrons. The Morgan fingerprint density at radius 1 is 0.585 bits per heavy atom. The van der Waals surface area contributed by atoms with Gasteiger partial charge in [-0.05, 0) is 145 Å². The molecule has 0 unspecified atom stereocenters. The molecule has 9 aromatic rings. The Kier molecular flexibility index (Phi) is 8.36. The van der Waals surface area contributed by atoms with Crippen LogP contribution in [-0.2, 0) is 27.1 Å². The van der Waals surface area contributed by atoms with Gasteiger partial charge in [0.1, 0.15) is 0 Å². The van der Waals surface area contributed by atoms with Crippen LogP contribution >= 0.6 is 11.3 Å². The molecule has 65 heavy (non-hydrogen) atoms. The molecule has 0 fully saturated rings. The van der Waals surface area contributed by atoms with Gasteiger partial charge >= 0.3 is 0 Å². The van der Waals surface area contributed by atoms with Gasteiger partial charge in [0.25, 0.3) is 0 Å². The molecule has 2 aliphatic carbocycles. The van der Waals surface area contributed by atoms with Gasteiger partial charge in [0, 0.05) is 64.5 Å². The Bertz CT molecular complexity index is 3520. The minimum atomic E-state index is -0.275. The van der Waals surface area contributed by atoms with Gasteiger partial charge in [-0.25, -0.2) is 0 Å². The molecule has 4 heteroatoms. The summed E-state index contributed by atoms with van der Waals surface area (Å²) in [7, 11) is 2.58. The van der Waals surface area contributed by atoms with Crippen molar-refractivity contribution in [1.82, 2.24) is 4.57 Å². The van der Waals surface area contributed by atoms with Crippen LogP contribution in [0.2, 0.25) is 0 Å². The predicted molar refractivity (Wildman–Crippen MR) is 284 cm³/mol. The van der Waals surface area contributed by atoms with E-state index in [1.54, 1.807) is 0 Å². The monoisotopic (exact) mass is 863 g/mol. The minimum Gasteiger partial charge on any atom is -0.355 e. The standard InChI is InChI=1S/C61H60BN2S/c1-57(2,3)34-21-24-36(25-22-34)63-46-26-23-35(58(4,5)6)29-40(46)53-54-51(38-18-13-15-19-42(38)61(54,11)12)52-41-30-43-44(60(9,10)28-27-59(43,7)8)32-47(41)64-48-31-39-37-17-14-16-20-49(37)65-50(39)33-45(48)62-55(53)56(52)64/h13-26,29-33,63H,27-28H2,1-12H3. The fourth-order valence-corrected chi connectivity index (χ4v) is 13.2. The maximum absolute atomic E-state index is 4.02. The maximum atomic E-state index is 4.02. The quantitative estimate of drug-likeness (QED) is 0.175. The molecule has 0 saturated heterocycles. The van der Waals surface area contributed by atoms with Crippen LogP contribution in [-0.4, -0.2) is 11.8 Å². The Labute approximate surface area is 390 Å². The highest BCUT2D eigenvalue weighted by molar-refractivity contribution is 7.26. The number of thiophene rings is 1. The van der Waals surface area contributed by atoms with Gasteiger partial charge in [0.2, 0.25) is 0 Å². The number of nitrogens with zero attached hydrogens (tertiary/aromatic N) is 1. The first-order chi connectivity index (χ1) is 30.7. The summed E-state index contributed by atoms with van der Waals surface area (Å²) in [6.45, 7) is 28.8. The van der Waals surface area contributed by atoms with Gasteiger partial charge in [-0.1, -0.05) is 149 Å². The number of benzene rings is 7. The predicted octanol–water partition coefficient (Wildman–Crippen LogP) is 15.8. The Hall–Kier alpha value is -5.58. The lowest BCUT2D eigenvalue weighted by Gasteiger charge is -2.42.